The van der Waals surface area contributed by atoms with Crippen LogP contribution in [0.3, 0.4) is 0 Å². The maximum absolute atomic E-state index is 13.2. The van der Waals surface area contributed by atoms with E-state index in [0.717, 1.165) is 24.4 Å². The Morgan fingerprint density at radius 3 is 2.28 bits per heavy atom. The molecule has 5 aromatic rings. The quantitative estimate of drug-likeness (QED) is 0.126. The van der Waals surface area contributed by atoms with Gasteiger partial charge in [0, 0.05) is 24.9 Å². The molecule has 0 spiro atoms. The molecule has 0 amide bonds. The Kier molecular flexibility index (Phi) is 8.80. The number of carbonyl (C=O) groups is 1. The Labute approximate surface area is 275 Å². The third-order valence-electron chi connectivity index (χ3n) is 7.56. The molecule has 0 saturated carbocycles. The molecule has 264 valence electrons. The van der Waals surface area contributed by atoms with Gasteiger partial charge in [-0.3, -0.25) is 0 Å². The molecule has 0 aliphatic carbocycles. The summed E-state index contributed by atoms with van der Waals surface area (Å²) in [5.74, 6) is -2.23. The van der Waals surface area contributed by atoms with E-state index in [1.165, 1.54) is 24.3 Å². The standard InChI is InChI=1S/C30H24F6N6O8/c1-42-17-7-6-14(8-15(17)40-28(42)39-13-4-2-12(3-5-13)29(31,32)33)48-18-9-16(25-38-11-20(41-25)30(34,35)36)37-10-19(18)49-27-23(45)21(43)22(44)24(50-27)26(46)47/h2-11,21-24,27,43-45H,1H3,(H,38,41)(H,39,40)(H,46,47). The second-order valence-corrected chi connectivity index (χ2v) is 11.0. The van der Waals surface area contributed by atoms with Gasteiger partial charge < -0.3 is 49.5 Å². The zero-order chi connectivity index (χ0) is 36.1. The average molecular weight is 711 g/mol. The van der Waals surface area contributed by atoms with Crippen LogP contribution in [0.2, 0.25) is 0 Å². The van der Waals surface area contributed by atoms with Crippen molar-refractivity contribution in [2.24, 2.45) is 7.05 Å². The molecule has 5 atom stereocenters. The van der Waals surface area contributed by atoms with Gasteiger partial charge in [0.05, 0.1) is 29.0 Å². The van der Waals surface area contributed by atoms with Gasteiger partial charge in [0.25, 0.3) is 0 Å². The highest BCUT2D eigenvalue weighted by molar-refractivity contribution is 5.81. The van der Waals surface area contributed by atoms with Crippen LogP contribution in [0.1, 0.15) is 11.3 Å². The lowest BCUT2D eigenvalue weighted by Gasteiger charge is -2.38. The lowest BCUT2D eigenvalue weighted by Crippen LogP contribution is -2.61. The van der Waals surface area contributed by atoms with Crippen LogP contribution in [-0.2, 0) is 28.9 Å². The summed E-state index contributed by atoms with van der Waals surface area (Å²) < 4.78 is 97.0. The lowest BCUT2D eigenvalue weighted by atomic mass is 9.99. The van der Waals surface area contributed by atoms with E-state index in [1.54, 1.807) is 17.7 Å². The first-order valence-corrected chi connectivity index (χ1v) is 14.3. The van der Waals surface area contributed by atoms with Crippen molar-refractivity contribution in [2.75, 3.05) is 5.32 Å². The maximum Gasteiger partial charge on any atom is 0.432 e. The largest absolute Gasteiger partial charge is 0.479 e. The van der Waals surface area contributed by atoms with E-state index in [-0.39, 0.29) is 34.7 Å². The van der Waals surface area contributed by atoms with Gasteiger partial charge in [-0.25, -0.2) is 19.7 Å². The van der Waals surface area contributed by atoms with Crippen LogP contribution in [-0.4, -0.2) is 81.6 Å². The zero-order valence-electron chi connectivity index (χ0n) is 25.1. The number of nitrogens with zero attached hydrogens (tertiary/aromatic N) is 4. The number of H-pyrrole nitrogens is 1. The summed E-state index contributed by atoms with van der Waals surface area (Å²) >= 11 is 0. The topological polar surface area (TPSA) is 197 Å². The van der Waals surface area contributed by atoms with Crippen molar-refractivity contribution in [1.82, 2.24) is 24.5 Å². The number of rotatable bonds is 8. The van der Waals surface area contributed by atoms with Crippen molar-refractivity contribution >= 4 is 28.6 Å². The fourth-order valence-corrected chi connectivity index (χ4v) is 4.95. The third kappa shape index (κ3) is 6.85. The van der Waals surface area contributed by atoms with Crippen LogP contribution < -0.4 is 14.8 Å². The number of aromatic nitrogens is 5. The van der Waals surface area contributed by atoms with Crippen molar-refractivity contribution in [3.63, 3.8) is 0 Å². The fraction of sp³-hybridized carbons (Fsp3) is 0.267. The summed E-state index contributed by atoms with van der Waals surface area (Å²) in [6.07, 6.45) is -17.6. The number of carboxylic acid groups (broad SMARTS) is 1. The molecule has 1 fully saturated rings. The molecular formula is C30H24F6N6O8. The van der Waals surface area contributed by atoms with Crippen LogP contribution >= 0.6 is 0 Å². The number of aliphatic carboxylic acids is 1. The Bertz CT molecular complexity index is 2030. The highest BCUT2D eigenvalue weighted by Gasteiger charge is 2.48. The van der Waals surface area contributed by atoms with Gasteiger partial charge in [-0.2, -0.15) is 26.3 Å². The molecule has 0 bridgehead atoms. The van der Waals surface area contributed by atoms with E-state index in [0.29, 0.717) is 22.9 Å². The number of halogens is 6. The second kappa shape index (κ2) is 12.8. The van der Waals surface area contributed by atoms with Gasteiger partial charge in [-0.1, -0.05) is 0 Å². The van der Waals surface area contributed by atoms with Gasteiger partial charge in [-0.05, 0) is 36.4 Å². The van der Waals surface area contributed by atoms with E-state index in [1.807, 2.05) is 0 Å². The molecule has 50 heavy (non-hydrogen) atoms. The van der Waals surface area contributed by atoms with Crippen molar-refractivity contribution in [2.45, 2.75) is 43.1 Å². The molecule has 4 heterocycles. The number of aryl methyl sites for hydroxylation is 1. The minimum absolute atomic E-state index is 0.0816. The van der Waals surface area contributed by atoms with Crippen LogP contribution in [0.15, 0.2) is 60.9 Å². The summed E-state index contributed by atoms with van der Waals surface area (Å²) in [6.45, 7) is 0. The van der Waals surface area contributed by atoms with E-state index in [2.05, 4.69) is 25.3 Å². The van der Waals surface area contributed by atoms with Crippen LogP contribution in [0.5, 0.6) is 17.2 Å². The highest BCUT2D eigenvalue weighted by atomic mass is 19.4. The Balaban J connectivity index is 1.32. The SMILES string of the molecule is Cn1c(Nc2ccc(C(F)(F)F)cc2)nc2cc(Oc3cc(-c4ncc(C(F)(F)F)[nH]4)ncc3OC3OC(C(=O)O)C(O)C(O)C3O)ccc21. The first-order valence-electron chi connectivity index (χ1n) is 14.3. The fourth-order valence-electron chi connectivity index (χ4n) is 4.95. The summed E-state index contributed by atoms with van der Waals surface area (Å²) in [4.78, 5) is 25.9. The molecule has 3 aromatic heterocycles. The number of alkyl halides is 6. The predicted molar refractivity (Wildman–Crippen MR) is 157 cm³/mol. The zero-order valence-corrected chi connectivity index (χ0v) is 25.1. The normalized spacial score (nSPS) is 21.3. The number of nitrogens with one attached hydrogen (secondary N) is 2. The molecule has 1 aliphatic heterocycles. The molecule has 0 radical (unpaired) electrons. The molecule has 6 N–H and O–H groups in total. The van der Waals surface area contributed by atoms with Crippen LogP contribution in [0, 0.1) is 0 Å². The number of imidazole rings is 2. The minimum atomic E-state index is -4.74. The number of aliphatic hydroxyl groups is 3. The van der Waals surface area contributed by atoms with Gasteiger partial charge in [-0.15, -0.1) is 0 Å². The van der Waals surface area contributed by atoms with E-state index in [4.69, 9.17) is 14.2 Å². The first-order chi connectivity index (χ1) is 23.5. The van der Waals surface area contributed by atoms with E-state index < -0.39 is 60.3 Å². The van der Waals surface area contributed by atoms with Gasteiger partial charge in [0.15, 0.2) is 23.4 Å². The van der Waals surface area contributed by atoms with E-state index >= 15 is 0 Å². The molecule has 2 aromatic carbocycles. The van der Waals surface area contributed by atoms with Crippen LogP contribution in [0.25, 0.3) is 22.6 Å². The van der Waals surface area contributed by atoms with Gasteiger partial charge in [0.2, 0.25) is 12.2 Å². The number of pyridine rings is 1. The Hall–Kier alpha value is -5.44. The number of aromatic amines is 1. The number of carboxylic acids is 1. The molecule has 5 unspecified atom stereocenters. The summed E-state index contributed by atoms with van der Waals surface area (Å²) in [5, 5.41) is 43.0. The Morgan fingerprint density at radius 2 is 1.64 bits per heavy atom. The molecular weight excluding hydrogens is 686 g/mol. The van der Waals surface area contributed by atoms with Crippen molar-refractivity contribution < 1.29 is 65.8 Å². The third-order valence-corrected chi connectivity index (χ3v) is 7.56. The summed E-state index contributed by atoms with van der Waals surface area (Å²) in [7, 11) is 1.65. The predicted octanol–water partition coefficient (Wildman–Crippen LogP) is 4.20. The maximum atomic E-state index is 13.2. The lowest BCUT2D eigenvalue weighted by molar-refractivity contribution is -0.271. The first kappa shape index (κ1) is 34.4. The molecule has 6 rings (SSSR count). The van der Waals surface area contributed by atoms with E-state index in [9.17, 15) is 51.6 Å². The summed E-state index contributed by atoms with van der Waals surface area (Å²) in [6, 6.07) is 9.95. The number of hydrogen-bond acceptors (Lipinski definition) is 11. The Morgan fingerprint density at radius 1 is 0.920 bits per heavy atom. The number of anilines is 2. The number of fused-ring (bicyclic) bond motifs is 1. The molecule has 1 saturated heterocycles. The van der Waals surface area contributed by atoms with Gasteiger partial charge >= 0.3 is 18.3 Å². The number of benzene rings is 2. The monoisotopic (exact) mass is 710 g/mol. The second-order valence-electron chi connectivity index (χ2n) is 11.0. The van der Waals surface area contributed by atoms with Crippen molar-refractivity contribution in [3.05, 3.63) is 72.2 Å². The van der Waals surface area contributed by atoms with Crippen LogP contribution in [0.4, 0.5) is 38.0 Å². The molecule has 14 nitrogen and oxygen atoms in total. The van der Waals surface area contributed by atoms with Gasteiger partial charge in [0.1, 0.15) is 35.4 Å². The highest BCUT2D eigenvalue weighted by Crippen LogP contribution is 2.38. The number of ether oxygens (including phenoxy) is 3. The smallest absolute Gasteiger partial charge is 0.432 e. The molecule has 20 heteroatoms. The molecule has 1 aliphatic rings. The minimum Gasteiger partial charge on any atom is -0.479 e. The number of aliphatic hydroxyl groups excluding tert-OH is 3. The average Bonchev–Trinajstić information content (AvgIpc) is 3.67. The van der Waals surface area contributed by atoms with Crippen molar-refractivity contribution in [3.8, 4) is 28.8 Å². The summed E-state index contributed by atoms with van der Waals surface area (Å²) in [5.41, 5.74) is -0.937. The number of hydrogen-bond donors (Lipinski definition) is 6. The van der Waals surface area contributed by atoms with Crippen molar-refractivity contribution in [1.29, 1.82) is 0 Å².